The number of hydrogen-bond donors (Lipinski definition) is 1. The van der Waals surface area contributed by atoms with E-state index < -0.39 is 11.7 Å². The maximum atomic E-state index is 13.1. The number of amides is 1. The highest BCUT2D eigenvalue weighted by atomic mass is 79.9. The molecule has 1 N–H and O–H groups in total. The van der Waals surface area contributed by atoms with E-state index in [2.05, 4.69) is 27.8 Å². The van der Waals surface area contributed by atoms with Crippen LogP contribution in [0.5, 0.6) is 0 Å². The standard InChI is InChI=1S/C19H18BrClFNO2/c1-11(12-5-7-13(22)8-6-12)14-9-16(21)17(10-15(14)20)23-18(24)25-19(2,3)4/h5-10H,1H2,2-4H3,(H,23,24). The van der Waals surface area contributed by atoms with Crippen LogP contribution >= 0.6 is 27.5 Å². The predicted octanol–water partition coefficient (Wildman–Crippen LogP) is 6.65. The van der Waals surface area contributed by atoms with Gasteiger partial charge < -0.3 is 4.74 Å². The highest BCUT2D eigenvalue weighted by molar-refractivity contribution is 9.10. The van der Waals surface area contributed by atoms with Crippen LogP contribution in [0.4, 0.5) is 14.9 Å². The van der Waals surface area contributed by atoms with Crippen LogP contribution < -0.4 is 5.32 Å². The van der Waals surface area contributed by atoms with Crippen LogP contribution in [-0.4, -0.2) is 11.7 Å². The Morgan fingerprint density at radius 3 is 2.40 bits per heavy atom. The van der Waals surface area contributed by atoms with Crippen LogP contribution in [0.1, 0.15) is 31.9 Å². The van der Waals surface area contributed by atoms with Gasteiger partial charge in [-0.05, 0) is 61.7 Å². The zero-order valence-corrected chi connectivity index (χ0v) is 16.5. The van der Waals surface area contributed by atoms with E-state index in [1.807, 2.05) is 0 Å². The number of halogens is 3. The minimum Gasteiger partial charge on any atom is -0.444 e. The predicted molar refractivity (Wildman–Crippen MR) is 104 cm³/mol. The maximum absolute atomic E-state index is 13.1. The summed E-state index contributed by atoms with van der Waals surface area (Å²) in [4.78, 5) is 11.9. The molecule has 0 aliphatic heterocycles. The third-order valence-electron chi connectivity index (χ3n) is 3.21. The van der Waals surface area contributed by atoms with Crippen LogP contribution in [0, 0.1) is 5.82 Å². The topological polar surface area (TPSA) is 38.3 Å². The lowest BCUT2D eigenvalue weighted by molar-refractivity contribution is 0.0636. The summed E-state index contributed by atoms with van der Waals surface area (Å²) >= 11 is 9.74. The molecule has 0 radical (unpaired) electrons. The van der Waals surface area contributed by atoms with Crippen molar-refractivity contribution in [3.8, 4) is 0 Å². The molecule has 0 unspecified atom stereocenters. The molecule has 0 aliphatic rings. The molecule has 0 aromatic heterocycles. The zero-order valence-electron chi connectivity index (χ0n) is 14.1. The van der Waals surface area contributed by atoms with Crippen molar-refractivity contribution < 1.29 is 13.9 Å². The molecule has 0 spiro atoms. The fraction of sp³-hybridized carbons (Fsp3) is 0.211. The normalized spacial score (nSPS) is 11.1. The van der Waals surface area contributed by atoms with E-state index in [1.54, 1.807) is 45.0 Å². The third kappa shape index (κ3) is 5.31. The second-order valence-corrected chi connectivity index (χ2v) is 7.69. The van der Waals surface area contributed by atoms with E-state index in [9.17, 15) is 9.18 Å². The molecule has 0 saturated carbocycles. The van der Waals surface area contributed by atoms with Gasteiger partial charge in [0, 0.05) is 4.47 Å². The molecule has 3 nitrogen and oxygen atoms in total. The summed E-state index contributed by atoms with van der Waals surface area (Å²) < 4.78 is 19.0. The SMILES string of the molecule is C=C(c1ccc(F)cc1)c1cc(Cl)c(NC(=O)OC(C)(C)C)cc1Br. The van der Waals surface area contributed by atoms with Gasteiger partial charge in [-0.1, -0.05) is 46.2 Å². The highest BCUT2D eigenvalue weighted by Gasteiger charge is 2.18. The molecule has 2 rings (SSSR count). The average molecular weight is 427 g/mol. The Balaban J connectivity index is 2.26. The molecular formula is C19H18BrClFNO2. The van der Waals surface area contributed by atoms with Gasteiger partial charge in [0.1, 0.15) is 11.4 Å². The van der Waals surface area contributed by atoms with Crippen LogP contribution in [0.25, 0.3) is 5.57 Å². The molecule has 2 aromatic rings. The first-order valence-electron chi connectivity index (χ1n) is 7.51. The van der Waals surface area contributed by atoms with E-state index >= 15 is 0 Å². The number of hydrogen-bond acceptors (Lipinski definition) is 2. The first kappa shape index (κ1) is 19.5. The monoisotopic (exact) mass is 425 g/mol. The number of ether oxygens (including phenoxy) is 1. The van der Waals surface area contributed by atoms with Gasteiger partial charge in [-0.3, -0.25) is 5.32 Å². The van der Waals surface area contributed by atoms with Crippen molar-refractivity contribution in [3.05, 3.63) is 69.4 Å². The minimum absolute atomic E-state index is 0.314. The summed E-state index contributed by atoms with van der Waals surface area (Å²) in [6.07, 6.45) is -0.591. The fourth-order valence-corrected chi connectivity index (χ4v) is 2.89. The van der Waals surface area contributed by atoms with Crippen molar-refractivity contribution in [1.82, 2.24) is 0 Å². The number of benzene rings is 2. The molecule has 25 heavy (non-hydrogen) atoms. The molecule has 2 aromatic carbocycles. The number of carbonyl (C=O) groups excluding carboxylic acids is 1. The van der Waals surface area contributed by atoms with Gasteiger partial charge in [-0.15, -0.1) is 0 Å². The summed E-state index contributed by atoms with van der Waals surface area (Å²) in [5, 5.41) is 2.96. The van der Waals surface area contributed by atoms with E-state index in [0.29, 0.717) is 20.8 Å². The van der Waals surface area contributed by atoms with Gasteiger partial charge in [-0.25, -0.2) is 9.18 Å². The van der Waals surface area contributed by atoms with Crippen LogP contribution in [0.15, 0.2) is 47.4 Å². The molecule has 0 saturated heterocycles. The van der Waals surface area contributed by atoms with Gasteiger partial charge in [-0.2, -0.15) is 0 Å². The Labute approximate surface area is 160 Å². The lowest BCUT2D eigenvalue weighted by atomic mass is 9.99. The van der Waals surface area contributed by atoms with Crippen molar-refractivity contribution in [2.45, 2.75) is 26.4 Å². The van der Waals surface area contributed by atoms with E-state index in [4.69, 9.17) is 16.3 Å². The lowest BCUT2D eigenvalue weighted by Crippen LogP contribution is -2.27. The Morgan fingerprint density at radius 2 is 1.84 bits per heavy atom. The molecule has 132 valence electrons. The maximum Gasteiger partial charge on any atom is 0.412 e. The summed E-state index contributed by atoms with van der Waals surface area (Å²) in [5.41, 5.74) is 2.00. The van der Waals surface area contributed by atoms with Crippen molar-refractivity contribution in [1.29, 1.82) is 0 Å². The van der Waals surface area contributed by atoms with Crippen LogP contribution in [-0.2, 0) is 4.74 Å². The molecule has 0 atom stereocenters. The quantitative estimate of drug-likeness (QED) is 0.596. The summed E-state index contributed by atoms with van der Waals surface area (Å²) in [6, 6.07) is 9.39. The first-order chi connectivity index (χ1) is 11.6. The zero-order chi connectivity index (χ0) is 18.8. The molecule has 0 fully saturated rings. The molecular weight excluding hydrogens is 409 g/mol. The highest BCUT2D eigenvalue weighted by Crippen LogP contribution is 2.35. The Bertz CT molecular complexity index is 813. The van der Waals surface area contributed by atoms with Gasteiger partial charge in [0.25, 0.3) is 0 Å². The van der Waals surface area contributed by atoms with Crippen molar-refractivity contribution in [2.75, 3.05) is 5.32 Å². The largest absolute Gasteiger partial charge is 0.444 e. The first-order valence-corrected chi connectivity index (χ1v) is 8.68. The summed E-state index contributed by atoms with van der Waals surface area (Å²) in [7, 11) is 0. The smallest absolute Gasteiger partial charge is 0.412 e. The number of nitrogens with one attached hydrogen (secondary N) is 1. The van der Waals surface area contributed by atoms with Crippen LogP contribution in [0.3, 0.4) is 0 Å². The van der Waals surface area contributed by atoms with Crippen LogP contribution in [0.2, 0.25) is 5.02 Å². The van der Waals surface area contributed by atoms with Crippen molar-refractivity contribution in [3.63, 3.8) is 0 Å². The third-order valence-corrected chi connectivity index (χ3v) is 4.18. The number of carbonyl (C=O) groups is 1. The van der Waals surface area contributed by atoms with E-state index in [0.717, 1.165) is 11.1 Å². The second kappa shape index (κ2) is 7.58. The Hall–Kier alpha value is -1.85. The van der Waals surface area contributed by atoms with E-state index in [-0.39, 0.29) is 5.82 Å². The fourth-order valence-electron chi connectivity index (χ4n) is 2.09. The summed E-state index contributed by atoms with van der Waals surface area (Å²) in [6.45, 7) is 9.38. The van der Waals surface area contributed by atoms with Gasteiger partial charge in [0.15, 0.2) is 0 Å². The molecule has 1 amide bonds. The molecule has 0 heterocycles. The van der Waals surface area contributed by atoms with Gasteiger partial charge in [0.2, 0.25) is 0 Å². The van der Waals surface area contributed by atoms with Gasteiger partial charge >= 0.3 is 6.09 Å². The lowest BCUT2D eigenvalue weighted by Gasteiger charge is -2.20. The molecule has 0 aliphatic carbocycles. The van der Waals surface area contributed by atoms with E-state index in [1.165, 1.54) is 12.1 Å². The Kier molecular flexibility index (Phi) is 5.91. The molecule has 6 heteroatoms. The number of anilines is 1. The van der Waals surface area contributed by atoms with Gasteiger partial charge in [0.05, 0.1) is 10.7 Å². The van der Waals surface area contributed by atoms with Crippen molar-refractivity contribution in [2.24, 2.45) is 0 Å². The average Bonchev–Trinajstić information content (AvgIpc) is 2.49. The minimum atomic E-state index is -0.607. The summed E-state index contributed by atoms with van der Waals surface area (Å²) in [5.74, 6) is -0.314. The molecule has 0 bridgehead atoms. The number of rotatable bonds is 3. The second-order valence-electron chi connectivity index (χ2n) is 6.42. The Morgan fingerprint density at radius 1 is 1.24 bits per heavy atom. The van der Waals surface area contributed by atoms with Crippen molar-refractivity contribution >= 4 is 44.9 Å².